The Kier molecular flexibility index (Phi) is 6.21. The summed E-state index contributed by atoms with van der Waals surface area (Å²) in [5, 5.41) is 1.85. The van der Waals surface area contributed by atoms with Gasteiger partial charge in [0.25, 0.3) is 5.91 Å². The molecule has 0 atom stereocenters. The average Bonchev–Trinajstić information content (AvgIpc) is 3.16. The number of fused-ring (bicyclic) bond motifs is 1. The molecule has 0 spiro atoms. The Morgan fingerprint density at radius 1 is 1.14 bits per heavy atom. The van der Waals surface area contributed by atoms with Crippen molar-refractivity contribution in [2.45, 2.75) is 25.7 Å². The Hall–Kier alpha value is -2.31. The number of aromatic nitrogens is 1. The maximum atomic E-state index is 12.5. The first-order valence-electron chi connectivity index (χ1n) is 9.82. The van der Waals surface area contributed by atoms with Gasteiger partial charge in [-0.15, -0.1) is 11.3 Å². The largest absolute Gasteiger partial charge is 0.494 e. The van der Waals surface area contributed by atoms with Crippen molar-refractivity contribution in [1.82, 2.24) is 9.88 Å². The minimum absolute atomic E-state index is 0.0217. The predicted octanol–water partition coefficient (Wildman–Crippen LogP) is 5.13. The fraction of sp³-hybridized carbons (Fsp3) is 0.364. The summed E-state index contributed by atoms with van der Waals surface area (Å²) in [5.74, 6) is 1.88. The molecule has 1 aromatic heterocycles. The molecule has 152 valence electrons. The molecule has 1 amide bonds. The van der Waals surface area contributed by atoms with Gasteiger partial charge in [-0.1, -0.05) is 11.6 Å². The van der Waals surface area contributed by atoms with Gasteiger partial charge in [0.1, 0.15) is 11.5 Å². The molecule has 1 fully saturated rings. The minimum Gasteiger partial charge on any atom is -0.494 e. The van der Waals surface area contributed by atoms with Gasteiger partial charge in [-0.2, -0.15) is 0 Å². The average molecular weight is 431 g/mol. The first-order valence-corrected chi connectivity index (χ1v) is 11.0. The lowest BCUT2D eigenvalue weighted by atomic mass is 9.97. The summed E-state index contributed by atoms with van der Waals surface area (Å²) in [4.78, 5) is 19.2. The van der Waals surface area contributed by atoms with E-state index in [-0.39, 0.29) is 12.5 Å². The lowest BCUT2D eigenvalue weighted by Crippen LogP contribution is -2.40. The van der Waals surface area contributed by atoms with E-state index >= 15 is 0 Å². The maximum absolute atomic E-state index is 12.5. The molecule has 29 heavy (non-hydrogen) atoms. The number of nitrogens with zero attached hydrogens (tertiary/aromatic N) is 2. The van der Waals surface area contributed by atoms with Crippen LogP contribution in [0.2, 0.25) is 5.02 Å². The zero-order chi connectivity index (χ0) is 20.2. The third kappa shape index (κ3) is 4.82. The smallest absolute Gasteiger partial charge is 0.260 e. The quantitative estimate of drug-likeness (QED) is 0.543. The van der Waals surface area contributed by atoms with Gasteiger partial charge in [-0.05, 0) is 62.2 Å². The number of thiazole rings is 1. The van der Waals surface area contributed by atoms with Crippen LogP contribution in [0.15, 0.2) is 42.5 Å². The Morgan fingerprint density at radius 2 is 1.83 bits per heavy atom. The van der Waals surface area contributed by atoms with E-state index in [0.29, 0.717) is 23.3 Å². The highest BCUT2D eigenvalue weighted by atomic mass is 35.5. The maximum Gasteiger partial charge on any atom is 0.260 e. The zero-order valence-electron chi connectivity index (χ0n) is 16.3. The van der Waals surface area contributed by atoms with Crippen LogP contribution in [0.4, 0.5) is 0 Å². The molecule has 0 N–H and O–H groups in total. The molecule has 4 rings (SSSR count). The van der Waals surface area contributed by atoms with Crippen LogP contribution in [0.5, 0.6) is 11.5 Å². The predicted molar refractivity (Wildman–Crippen MR) is 116 cm³/mol. The van der Waals surface area contributed by atoms with Crippen molar-refractivity contribution in [2.24, 2.45) is 0 Å². The van der Waals surface area contributed by atoms with E-state index < -0.39 is 0 Å². The SMILES string of the molecule is CCOc1ccc(OCC(=O)N2CCC(c3nc4cc(Cl)ccc4s3)CC2)cc1. The van der Waals surface area contributed by atoms with Crippen molar-refractivity contribution in [3.63, 3.8) is 0 Å². The van der Waals surface area contributed by atoms with E-state index in [1.54, 1.807) is 11.3 Å². The zero-order valence-corrected chi connectivity index (χ0v) is 17.8. The molecule has 1 aliphatic heterocycles. The fourth-order valence-electron chi connectivity index (χ4n) is 3.50. The van der Waals surface area contributed by atoms with Gasteiger partial charge < -0.3 is 14.4 Å². The van der Waals surface area contributed by atoms with Crippen LogP contribution in [0.1, 0.15) is 30.7 Å². The van der Waals surface area contributed by atoms with Gasteiger partial charge in [0.05, 0.1) is 21.8 Å². The molecular formula is C22H23ClN2O3S. The Balaban J connectivity index is 1.28. The number of ether oxygens (including phenoxy) is 2. The fourth-order valence-corrected chi connectivity index (χ4v) is 4.79. The summed E-state index contributed by atoms with van der Waals surface area (Å²) in [6.45, 7) is 4.08. The van der Waals surface area contributed by atoms with E-state index in [0.717, 1.165) is 46.9 Å². The van der Waals surface area contributed by atoms with Crippen LogP contribution in [-0.2, 0) is 4.79 Å². The van der Waals surface area contributed by atoms with Crippen LogP contribution in [0, 0.1) is 0 Å². The number of rotatable bonds is 6. The van der Waals surface area contributed by atoms with Gasteiger partial charge >= 0.3 is 0 Å². The normalized spacial score (nSPS) is 14.9. The van der Waals surface area contributed by atoms with Crippen molar-refractivity contribution in [3.8, 4) is 11.5 Å². The van der Waals surface area contributed by atoms with Gasteiger partial charge in [0.2, 0.25) is 0 Å². The van der Waals surface area contributed by atoms with Crippen LogP contribution in [0.25, 0.3) is 10.2 Å². The number of carbonyl (C=O) groups excluding carboxylic acids is 1. The Morgan fingerprint density at radius 3 is 2.52 bits per heavy atom. The van der Waals surface area contributed by atoms with Gasteiger partial charge in [0, 0.05) is 24.0 Å². The molecule has 0 aliphatic carbocycles. The van der Waals surface area contributed by atoms with Crippen molar-refractivity contribution >= 4 is 39.1 Å². The van der Waals surface area contributed by atoms with Crippen molar-refractivity contribution in [3.05, 3.63) is 52.5 Å². The molecule has 7 heteroatoms. The number of halogens is 1. The molecule has 5 nitrogen and oxygen atoms in total. The van der Waals surface area contributed by atoms with Crippen molar-refractivity contribution in [2.75, 3.05) is 26.3 Å². The second-order valence-electron chi connectivity index (χ2n) is 7.01. The van der Waals surface area contributed by atoms with Gasteiger partial charge in [0.15, 0.2) is 6.61 Å². The molecule has 1 saturated heterocycles. The lowest BCUT2D eigenvalue weighted by molar-refractivity contribution is -0.134. The number of benzene rings is 2. The molecule has 2 heterocycles. The van der Waals surface area contributed by atoms with Crippen molar-refractivity contribution < 1.29 is 14.3 Å². The first-order chi connectivity index (χ1) is 14.1. The van der Waals surface area contributed by atoms with Crippen LogP contribution < -0.4 is 9.47 Å². The molecule has 0 saturated carbocycles. The number of carbonyl (C=O) groups is 1. The van der Waals surface area contributed by atoms with Crippen LogP contribution >= 0.6 is 22.9 Å². The van der Waals surface area contributed by atoms with E-state index in [1.165, 1.54) is 0 Å². The molecule has 0 unspecified atom stereocenters. The number of hydrogen-bond donors (Lipinski definition) is 0. The molecule has 0 bridgehead atoms. The Labute approximate surface area is 179 Å². The molecular weight excluding hydrogens is 408 g/mol. The number of piperidine rings is 1. The minimum atomic E-state index is 0.0217. The molecule has 0 radical (unpaired) electrons. The monoisotopic (exact) mass is 430 g/mol. The van der Waals surface area contributed by atoms with E-state index in [4.69, 9.17) is 26.1 Å². The highest BCUT2D eigenvalue weighted by Gasteiger charge is 2.26. The van der Waals surface area contributed by atoms with Crippen LogP contribution in [0.3, 0.4) is 0 Å². The highest BCUT2D eigenvalue weighted by Crippen LogP contribution is 2.34. The first kappa shape index (κ1) is 20.0. The molecule has 2 aromatic carbocycles. The van der Waals surface area contributed by atoms with E-state index in [9.17, 15) is 4.79 Å². The number of amides is 1. The highest BCUT2D eigenvalue weighted by molar-refractivity contribution is 7.18. The standard InChI is InChI=1S/C22H23ClN2O3S/c1-2-27-17-4-6-18(7-5-17)28-14-21(26)25-11-9-15(10-12-25)22-24-19-13-16(23)3-8-20(19)29-22/h3-8,13,15H,2,9-12,14H2,1H3. The number of likely N-dealkylation sites (tertiary alicyclic amines) is 1. The summed E-state index contributed by atoms with van der Waals surface area (Å²) in [5.41, 5.74) is 0.958. The summed E-state index contributed by atoms with van der Waals surface area (Å²) in [6.07, 6.45) is 1.84. The molecule has 1 aliphatic rings. The van der Waals surface area contributed by atoms with Gasteiger partial charge in [-0.25, -0.2) is 4.98 Å². The summed E-state index contributed by atoms with van der Waals surface area (Å²) >= 11 is 7.79. The summed E-state index contributed by atoms with van der Waals surface area (Å²) in [7, 11) is 0. The van der Waals surface area contributed by atoms with E-state index in [2.05, 4.69) is 0 Å². The van der Waals surface area contributed by atoms with Gasteiger partial charge in [-0.3, -0.25) is 4.79 Å². The van der Waals surface area contributed by atoms with Crippen molar-refractivity contribution in [1.29, 1.82) is 0 Å². The summed E-state index contributed by atoms with van der Waals surface area (Å²) in [6, 6.07) is 13.2. The second kappa shape index (κ2) is 9.01. The Bertz CT molecular complexity index is 981. The molecule has 3 aromatic rings. The topological polar surface area (TPSA) is 51.7 Å². The third-order valence-corrected chi connectivity index (χ3v) is 6.49. The lowest BCUT2D eigenvalue weighted by Gasteiger charge is -2.31. The van der Waals surface area contributed by atoms with E-state index in [1.807, 2.05) is 54.3 Å². The number of hydrogen-bond acceptors (Lipinski definition) is 5. The third-order valence-electron chi connectivity index (χ3n) is 5.06. The van der Waals surface area contributed by atoms with Crippen LogP contribution in [-0.4, -0.2) is 42.1 Å². The second-order valence-corrected chi connectivity index (χ2v) is 8.51. The summed E-state index contributed by atoms with van der Waals surface area (Å²) < 4.78 is 12.2.